The Balaban J connectivity index is 0.00000112. The molecule has 0 N–H and O–H groups in total. The molecule has 1 aliphatic carbocycles. The molecule has 1 fully saturated rings. The van der Waals surface area contributed by atoms with Gasteiger partial charge in [-0.1, -0.05) is 38.5 Å². The van der Waals surface area contributed by atoms with E-state index in [1.807, 2.05) is 0 Å². The zero-order valence-corrected chi connectivity index (χ0v) is 11.5. The second-order valence-electron chi connectivity index (χ2n) is 4.19. The maximum atomic E-state index is 3.83. The van der Waals surface area contributed by atoms with Gasteiger partial charge >= 0.3 is 29.6 Å². The van der Waals surface area contributed by atoms with Crippen LogP contribution in [0.25, 0.3) is 0 Å². The van der Waals surface area contributed by atoms with E-state index in [2.05, 4.69) is 20.6 Å². The summed E-state index contributed by atoms with van der Waals surface area (Å²) in [5, 5.41) is 14.6. The van der Waals surface area contributed by atoms with Crippen molar-refractivity contribution >= 4 is 0 Å². The summed E-state index contributed by atoms with van der Waals surface area (Å²) in [6.45, 7) is 0. The van der Waals surface area contributed by atoms with Crippen LogP contribution in [0.4, 0.5) is 0 Å². The maximum Gasteiger partial charge on any atom is 1.00 e. The first-order valence-electron chi connectivity index (χ1n) is 5.63. The van der Waals surface area contributed by atoms with Crippen LogP contribution in [0.5, 0.6) is 0 Å². The molecule has 4 nitrogen and oxygen atoms in total. The van der Waals surface area contributed by atoms with E-state index in [4.69, 9.17) is 0 Å². The van der Waals surface area contributed by atoms with Crippen LogP contribution in [0.3, 0.4) is 0 Å². The van der Waals surface area contributed by atoms with E-state index in [1.54, 1.807) is 0 Å². The van der Waals surface area contributed by atoms with Gasteiger partial charge in [0, 0.05) is 5.82 Å². The van der Waals surface area contributed by atoms with E-state index in [1.165, 1.54) is 44.9 Å². The van der Waals surface area contributed by atoms with Crippen LogP contribution in [0.1, 0.15) is 50.8 Å². The van der Waals surface area contributed by atoms with Crippen molar-refractivity contribution in [1.82, 2.24) is 20.6 Å². The zero-order chi connectivity index (χ0) is 9.64. The number of rotatable bonds is 4. The molecule has 0 aromatic carbocycles. The molecule has 1 saturated carbocycles. The van der Waals surface area contributed by atoms with Crippen LogP contribution in [0, 0.1) is 5.92 Å². The Labute approximate surface area is 113 Å². The largest absolute Gasteiger partial charge is 1.00 e. The molecule has 0 spiro atoms. The number of nitrogens with zero attached hydrogens (tertiary/aromatic N) is 4. The van der Waals surface area contributed by atoms with E-state index in [0.29, 0.717) is 0 Å². The molecule has 78 valence electrons. The number of hydrogen-bond donors (Lipinski definition) is 0. The van der Waals surface area contributed by atoms with Gasteiger partial charge in [0.2, 0.25) is 0 Å². The first kappa shape index (κ1) is 13.1. The van der Waals surface area contributed by atoms with Gasteiger partial charge in [-0.3, -0.25) is 10.3 Å². The van der Waals surface area contributed by atoms with Crippen molar-refractivity contribution in [3.05, 3.63) is 5.82 Å². The van der Waals surface area contributed by atoms with Gasteiger partial charge in [0.15, 0.2) is 0 Å². The third kappa shape index (κ3) is 4.62. The van der Waals surface area contributed by atoms with Gasteiger partial charge < -0.3 is 5.10 Å². The monoisotopic (exact) mass is 216 g/mol. The molecule has 5 heteroatoms. The molecule has 1 heterocycles. The maximum absolute atomic E-state index is 3.83. The normalized spacial score (nSPS) is 17.3. The van der Waals surface area contributed by atoms with Crippen LogP contribution >= 0.6 is 0 Å². The third-order valence-electron chi connectivity index (χ3n) is 3.10. The molecule has 0 unspecified atom stereocenters. The van der Waals surface area contributed by atoms with Crippen LogP contribution in [-0.2, 0) is 6.42 Å². The summed E-state index contributed by atoms with van der Waals surface area (Å²) in [6.07, 6.45) is 10.6. The van der Waals surface area contributed by atoms with Crippen molar-refractivity contribution in [1.29, 1.82) is 0 Å². The topological polar surface area (TPSA) is 52.8 Å². The number of aromatic nitrogens is 4. The molecule has 0 aliphatic heterocycles. The van der Waals surface area contributed by atoms with E-state index < -0.39 is 0 Å². The molecule has 1 aromatic heterocycles. The molecule has 0 saturated heterocycles. The van der Waals surface area contributed by atoms with Crippen LogP contribution in [0.2, 0.25) is 0 Å². The minimum atomic E-state index is 0. The van der Waals surface area contributed by atoms with Crippen LogP contribution in [-0.4, -0.2) is 15.5 Å². The average Bonchev–Trinajstić information content (AvgIpc) is 2.72. The van der Waals surface area contributed by atoms with E-state index >= 15 is 0 Å². The summed E-state index contributed by atoms with van der Waals surface area (Å²) in [4.78, 5) is 0. The van der Waals surface area contributed by atoms with Crippen LogP contribution in [0.15, 0.2) is 0 Å². The average molecular weight is 216 g/mol. The second-order valence-corrected chi connectivity index (χ2v) is 4.19. The SMILES string of the molecule is C1CCC(CCCc2nnn[n-]2)CC1.[Na+]. The quantitative estimate of drug-likeness (QED) is 0.589. The standard InChI is InChI=1S/C10H17N4.Na/c1-2-5-9(6-3-1)7-4-8-10-11-13-14-12-10;/h9H,1-8H2;/q-1;+1. The number of hydrogen-bond acceptors (Lipinski definition) is 3. The van der Waals surface area contributed by atoms with Crippen LogP contribution < -0.4 is 34.7 Å². The van der Waals surface area contributed by atoms with Gasteiger partial charge in [-0.25, -0.2) is 0 Å². The van der Waals surface area contributed by atoms with E-state index in [9.17, 15) is 0 Å². The fourth-order valence-corrected chi connectivity index (χ4v) is 2.29. The zero-order valence-electron chi connectivity index (χ0n) is 9.52. The Morgan fingerprint density at radius 1 is 1.20 bits per heavy atom. The van der Waals surface area contributed by atoms with Gasteiger partial charge in [-0.05, 0) is 18.8 Å². The smallest absolute Gasteiger partial charge is 0.335 e. The van der Waals surface area contributed by atoms with Crippen molar-refractivity contribution in [2.45, 2.75) is 51.4 Å². The minimum absolute atomic E-state index is 0. The second kappa shape index (κ2) is 7.36. The van der Waals surface area contributed by atoms with Gasteiger partial charge in [0.25, 0.3) is 0 Å². The summed E-state index contributed by atoms with van der Waals surface area (Å²) >= 11 is 0. The Kier molecular flexibility index (Phi) is 6.45. The van der Waals surface area contributed by atoms with Crippen molar-refractivity contribution in [3.8, 4) is 0 Å². The third-order valence-corrected chi connectivity index (χ3v) is 3.10. The van der Waals surface area contributed by atoms with Crippen molar-refractivity contribution in [2.24, 2.45) is 5.92 Å². The molecule has 15 heavy (non-hydrogen) atoms. The molecule has 0 atom stereocenters. The Hall–Kier alpha value is 0.0700. The minimum Gasteiger partial charge on any atom is -0.335 e. The van der Waals surface area contributed by atoms with Crippen molar-refractivity contribution in [3.63, 3.8) is 0 Å². The molecular formula is C10H17N4Na. The van der Waals surface area contributed by atoms with Crippen molar-refractivity contribution in [2.75, 3.05) is 0 Å². The molecule has 1 aliphatic rings. The molecule has 2 rings (SSSR count). The fraction of sp³-hybridized carbons (Fsp3) is 0.900. The number of tetrazole rings is 1. The predicted molar refractivity (Wildman–Crippen MR) is 52.7 cm³/mol. The molecule has 0 amide bonds. The Bertz CT molecular complexity index is 244. The predicted octanol–water partition coefficient (Wildman–Crippen LogP) is -1.26. The van der Waals surface area contributed by atoms with Gasteiger partial charge in [-0.2, -0.15) is 5.21 Å². The van der Waals surface area contributed by atoms with E-state index in [-0.39, 0.29) is 29.6 Å². The molecular weight excluding hydrogens is 199 g/mol. The first-order chi connectivity index (χ1) is 6.95. The summed E-state index contributed by atoms with van der Waals surface area (Å²) < 4.78 is 0. The summed E-state index contributed by atoms with van der Waals surface area (Å²) in [5.74, 6) is 1.76. The molecule has 0 radical (unpaired) electrons. The van der Waals surface area contributed by atoms with Gasteiger partial charge in [0.1, 0.15) is 0 Å². The first-order valence-corrected chi connectivity index (χ1v) is 5.63. The van der Waals surface area contributed by atoms with Gasteiger partial charge in [-0.15, -0.1) is 0 Å². The molecule has 0 bridgehead atoms. The summed E-state index contributed by atoms with van der Waals surface area (Å²) in [6, 6.07) is 0. The summed E-state index contributed by atoms with van der Waals surface area (Å²) in [7, 11) is 0. The fourth-order valence-electron chi connectivity index (χ4n) is 2.29. The summed E-state index contributed by atoms with van der Waals surface area (Å²) in [5.41, 5.74) is 0. The molecule has 1 aromatic rings. The van der Waals surface area contributed by atoms with Gasteiger partial charge in [0.05, 0.1) is 0 Å². The Morgan fingerprint density at radius 2 is 2.00 bits per heavy atom. The number of aryl methyl sites for hydroxylation is 1. The Morgan fingerprint density at radius 3 is 2.67 bits per heavy atom. The van der Waals surface area contributed by atoms with Crippen molar-refractivity contribution < 1.29 is 29.6 Å². The van der Waals surface area contributed by atoms with E-state index in [0.717, 1.165) is 18.2 Å².